The zero-order valence-electron chi connectivity index (χ0n) is 15.8. The maximum absolute atomic E-state index is 12.9. The van der Waals surface area contributed by atoms with E-state index in [9.17, 15) is 9.59 Å². The van der Waals surface area contributed by atoms with E-state index in [2.05, 4.69) is 16.7 Å². The zero-order chi connectivity index (χ0) is 19.9. The minimum absolute atomic E-state index is 0.0322. The summed E-state index contributed by atoms with van der Waals surface area (Å²) in [5.41, 5.74) is 1.32. The Hall–Kier alpha value is -2.66. The normalized spacial score (nSPS) is 19.7. The first kappa shape index (κ1) is 20.1. The number of rotatable bonds is 4. The van der Waals surface area contributed by atoms with Crippen LogP contribution in [0.2, 0.25) is 0 Å². The Morgan fingerprint density at radius 1 is 1.14 bits per heavy atom. The molecule has 1 aromatic carbocycles. The van der Waals surface area contributed by atoms with Gasteiger partial charge in [-0.25, -0.2) is 0 Å². The van der Waals surface area contributed by atoms with Crippen LogP contribution < -0.4 is 10.6 Å². The number of likely N-dealkylation sites (tertiary alicyclic amines) is 2. The van der Waals surface area contributed by atoms with Gasteiger partial charge in [0.15, 0.2) is 5.11 Å². The number of carbonyl (C=O) groups excluding carboxylic acids is 2. The van der Waals surface area contributed by atoms with Crippen LogP contribution in [0.4, 0.5) is 5.69 Å². The van der Waals surface area contributed by atoms with E-state index in [4.69, 9.17) is 17.5 Å². The van der Waals surface area contributed by atoms with Crippen molar-refractivity contribution >= 4 is 34.8 Å². The third-order valence-corrected chi connectivity index (χ3v) is 5.36. The van der Waals surface area contributed by atoms with Crippen molar-refractivity contribution in [1.29, 1.82) is 5.26 Å². The predicted octanol–water partition coefficient (Wildman–Crippen LogP) is 1.85. The molecule has 3 rings (SSSR count). The Morgan fingerprint density at radius 3 is 2.50 bits per heavy atom. The van der Waals surface area contributed by atoms with Crippen molar-refractivity contribution in [3.63, 3.8) is 0 Å². The number of hydrogen-bond donors (Lipinski definition) is 2. The summed E-state index contributed by atoms with van der Waals surface area (Å²) in [5, 5.41) is 15.4. The van der Waals surface area contributed by atoms with Crippen LogP contribution in [-0.2, 0) is 9.59 Å². The Morgan fingerprint density at radius 2 is 1.82 bits per heavy atom. The van der Waals surface area contributed by atoms with Gasteiger partial charge in [0.05, 0.1) is 18.2 Å². The molecule has 28 heavy (non-hydrogen) atoms. The summed E-state index contributed by atoms with van der Waals surface area (Å²) in [4.78, 5) is 28.9. The van der Waals surface area contributed by atoms with Crippen LogP contribution in [0, 0.1) is 11.3 Å². The SMILES string of the molecule is N#Cc1ccc(NC(=S)N[C@H]2CCCCN(CC(=O)N3CCCC3)C2=O)cc1. The van der Waals surface area contributed by atoms with Crippen molar-refractivity contribution in [1.82, 2.24) is 15.1 Å². The van der Waals surface area contributed by atoms with E-state index in [1.165, 1.54) is 0 Å². The van der Waals surface area contributed by atoms with Crippen LogP contribution >= 0.6 is 12.2 Å². The van der Waals surface area contributed by atoms with Gasteiger partial charge in [-0.3, -0.25) is 9.59 Å². The lowest BCUT2D eigenvalue weighted by molar-refractivity contribution is -0.140. The molecule has 0 unspecified atom stereocenters. The number of benzene rings is 1. The summed E-state index contributed by atoms with van der Waals surface area (Å²) < 4.78 is 0. The first-order valence-corrected chi connectivity index (χ1v) is 10.1. The van der Waals surface area contributed by atoms with Gasteiger partial charge >= 0.3 is 0 Å². The lowest BCUT2D eigenvalue weighted by atomic mass is 10.1. The molecule has 2 aliphatic heterocycles. The van der Waals surface area contributed by atoms with Gasteiger partial charge in [0.2, 0.25) is 11.8 Å². The van der Waals surface area contributed by atoms with Crippen LogP contribution in [0.15, 0.2) is 24.3 Å². The highest BCUT2D eigenvalue weighted by Crippen LogP contribution is 2.15. The highest BCUT2D eigenvalue weighted by atomic mass is 32.1. The molecule has 2 heterocycles. The fourth-order valence-electron chi connectivity index (χ4n) is 3.58. The summed E-state index contributed by atoms with van der Waals surface area (Å²) in [7, 11) is 0. The molecule has 2 aliphatic rings. The molecule has 2 N–H and O–H groups in total. The maximum atomic E-state index is 12.9. The van der Waals surface area contributed by atoms with Crippen LogP contribution in [0.5, 0.6) is 0 Å². The van der Waals surface area contributed by atoms with Gasteiger partial charge in [-0.05, 0) is 68.6 Å². The quantitative estimate of drug-likeness (QED) is 0.752. The van der Waals surface area contributed by atoms with Crippen molar-refractivity contribution in [2.45, 2.75) is 38.1 Å². The first-order valence-electron chi connectivity index (χ1n) is 9.71. The van der Waals surface area contributed by atoms with Crippen molar-refractivity contribution in [3.05, 3.63) is 29.8 Å². The molecule has 0 radical (unpaired) electrons. The minimum Gasteiger partial charge on any atom is -0.351 e. The van der Waals surface area contributed by atoms with Gasteiger partial charge in [0.1, 0.15) is 6.04 Å². The molecular weight excluding hydrogens is 374 g/mol. The predicted molar refractivity (Wildman–Crippen MR) is 111 cm³/mol. The summed E-state index contributed by atoms with van der Waals surface area (Å²) in [6.45, 7) is 2.33. The van der Waals surface area contributed by atoms with Crippen LogP contribution in [0.3, 0.4) is 0 Å². The first-order chi connectivity index (χ1) is 13.6. The van der Waals surface area contributed by atoms with E-state index < -0.39 is 6.04 Å². The number of amides is 2. The molecular formula is C20H25N5O2S. The van der Waals surface area contributed by atoms with Gasteiger partial charge in [-0.15, -0.1) is 0 Å². The lowest BCUT2D eigenvalue weighted by Crippen LogP contribution is -2.51. The van der Waals surface area contributed by atoms with Crippen molar-refractivity contribution in [2.24, 2.45) is 0 Å². The van der Waals surface area contributed by atoms with E-state index >= 15 is 0 Å². The molecule has 8 heteroatoms. The molecule has 2 saturated heterocycles. The smallest absolute Gasteiger partial charge is 0.245 e. The van der Waals surface area contributed by atoms with Crippen molar-refractivity contribution in [3.8, 4) is 6.07 Å². The van der Waals surface area contributed by atoms with Gasteiger partial charge in [0.25, 0.3) is 0 Å². The molecule has 2 amide bonds. The van der Waals surface area contributed by atoms with Crippen LogP contribution in [-0.4, -0.2) is 58.9 Å². The molecule has 0 spiro atoms. The second-order valence-electron chi connectivity index (χ2n) is 7.18. The third-order valence-electron chi connectivity index (χ3n) is 5.14. The van der Waals surface area contributed by atoms with Gasteiger partial charge in [-0.2, -0.15) is 5.26 Å². The van der Waals surface area contributed by atoms with Crippen molar-refractivity contribution < 1.29 is 9.59 Å². The molecule has 1 atom stereocenters. The molecule has 0 bridgehead atoms. The number of thiocarbonyl (C=S) groups is 1. The molecule has 0 aromatic heterocycles. The van der Waals surface area contributed by atoms with Gasteiger partial charge in [0, 0.05) is 25.3 Å². The second kappa shape index (κ2) is 9.51. The average molecular weight is 400 g/mol. The number of nitriles is 1. The van der Waals surface area contributed by atoms with Crippen LogP contribution in [0.25, 0.3) is 0 Å². The Labute approximate surface area is 170 Å². The van der Waals surface area contributed by atoms with E-state index in [1.807, 2.05) is 4.90 Å². The monoisotopic (exact) mass is 399 g/mol. The fourth-order valence-corrected chi connectivity index (χ4v) is 3.84. The Kier molecular flexibility index (Phi) is 6.82. The molecule has 2 fully saturated rings. The van der Waals surface area contributed by atoms with Gasteiger partial charge < -0.3 is 20.4 Å². The number of hydrogen-bond acceptors (Lipinski definition) is 4. The third kappa shape index (κ3) is 5.20. The second-order valence-corrected chi connectivity index (χ2v) is 7.59. The highest BCUT2D eigenvalue weighted by molar-refractivity contribution is 7.80. The summed E-state index contributed by atoms with van der Waals surface area (Å²) in [5.74, 6) is -0.0428. The Bertz CT molecular complexity index is 768. The summed E-state index contributed by atoms with van der Waals surface area (Å²) >= 11 is 5.36. The van der Waals surface area contributed by atoms with E-state index in [-0.39, 0.29) is 18.4 Å². The summed E-state index contributed by atoms with van der Waals surface area (Å²) in [6.07, 6.45) is 4.55. The van der Waals surface area contributed by atoms with E-state index in [0.29, 0.717) is 23.6 Å². The number of nitrogens with zero attached hydrogens (tertiary/aromatic N) is 3. The largest absolute Gasteiger partial charge is 0.351 e. The zero-order valence-corrected chi connectivity index (χ0v) is 16.6. The van der Waals surface area contributed by atoms with Crippen molar-refractivity contribution in [2.75, 3.05) is 31.5 Å². The Balaban J connectivity index is 1.57. The standard InChI is InChI=1S/C20H25N5O2S/c21-13-15-6-8-16(9-7-15)22-20(28)23-17-5-1-2-12-25(19(17)27)14-18(26)24-10-3-4-11-24/h6-9,17H,1-5,10-12,14H2,(H2,22,23,28)/t17-/m0/s1. The minimum atomic E-state index is -0.438. The highest BCUT2D eigenvalue weighted by Gasteiger charge is 2.30. The molecule has 1 aromatic rings. The lowest BCUT2D eigenvalue weighted by Gasteiger charge is -2.27. The molecule has 0 saturated carbocycles. The fraction of sp³-hybridized carbons (Fsp3) is 0.500. The maximum Gasteiger partial charge on any atom is 0.245 e. The van der Waals surface area contributed by atoms with E-state index in [1.54, 1.807) is 29.2 Å². The summed E-state index contributed by atoms with van der Waals surface area (Å²) in [6, 6.07) is 8.57. The molecule has 148 valence electrons. The molecule has 0 aliphatic carbocycles. The number of anilines is 1. The number of nitrogens with one attached hydrogen (secondary N) is 2. The number of carbonyl (C=O) groups is 2. The average Bonchev–Trinajstić information content (AvgIpc) is 3.19. The molecule has 7 nitrogen and oxygen atoms in total. The van der Waals surface area contributed by atoms with E-state index in [0.717, 1.165) is 44.5 Å². The topological polar surface area (TPSA) is 88.5 Å². The van der Waals surface area contributed by atoms with Gasteiger partial charge in [-0.1, -0.05) is 0 Å². The van der Waals surface area contributed by atoms with Crippen LogP contribution in [0.1, 0.15) is 37.7 Å².